The van der Waals surface area contributed by atoms with Gasteiger partial charge in [0.25, 0.3) is 0 Å². The molecule has 10 heteroatoms. The predicted octanol–water partition coefficient (Wildman–Crippen LogP) is 2.10. The summed E-state index contributed by atoms with van der Waals surface area (Å²) in [6.07, 6.45) is 2.67. The van der Waals surface area contributed by atoms with Gasteiger partial charge in [-0.3, -0.25) is 9.69 Å². The Balaban J connectivity index is 1.54. The molecule has 1 aliphatic carbocycles. The van der Waals surface area contributed by atoms with E-state index in [0.29, 0.717) is 17.3 Å². The number of esters is 1. The SMILES string of the molecule is COC1=C[C@]23CCCN2CCc2cc4c(cc2[C@@H]3[C@@H]1OC(=O)[C@@](O)(CCC(C)(C)O)CC(=O)O)OCO4. The fraction of sp³-hybridized carbons (Fsp3) is 0.630. The Bertz CT molecular complexity index is 1130. The van der Waals surface area contributed by atoms with E-state index >= 15 is 0 Å². The van der Waals surface area contributed by atoms with E-state index in [-0.39, 0.29) is 25.6 Å². The number of aliphatic carboxylic acids is 1. The molecule has 1 fully saturated rings. The second-order valence-corrected chi connectivity index (χ2v) is 11.2. The van der Waals surface area contributed by atoms with E-state index < -0.39 is 41.2 Å². The summed E-state index contributed by atoms with van der Waals surface area (Å²) < 4.78 is 23.0. The lowest BCUT2D eigenvalue weighted by Crippen LogP contribution is -2.49. The molecule has 0 aromatic heterocycles. The summed E-state index contributed by atoms with van der Waals surface area (Å²) in [5, 5.41) is 30.8. The van der Waals surface area contributed by atoms with Crippen molar-refractivity contribution in [2.75, 3.05) is 27.0 Å². The molecular formula is C27H35NO9. The third-order valence-electron chi connectivity index (χ3n) is 8.17. The van der Waals surface area contributed by atoms with Crippen molar-refractivity contribution in [3.63, 3.8) is 0 Å². The maximum Gasteiger partial charge on any atom is 0.339 e. The molecule has 0 unspecified atom stereocenters. The zero-order valence-electron chi connectivity index (χ0n) is 21.5. The molecule has 0 amide bonds. The van der Waals surface area contributed by atoms with Crippen molar-refractivity contribution in [3.8, 4) is 11.5 Å². The average Bonchev–Trinajstić information content (AvgIpc) is 3.50. The molecule has 1 saturated heterocycles. The van der Waals surface area contributed by atoms with Gasteiger partial charge in [-0.1, -0.05) is 0 Å². The van der Waals surface area contributed by atoms with Crippen LogP contribution in [0.5, 0.6) is 11.5 Å². The van der Waals surface area contributed by atoms with Gasteiger partial charge >= 0.3 is 11.9 Å². The Hall–Kier alpha value is -2.82. The first-order valence-corrected chi connectivity index (χ1v) is 12.8. The van der Waals surface area contributed by atoms with Crippen molar-refractivity contribution in [3.05, 3.63) is 35.1 Å². The second kappa shape index (κ2) is 9.18. The van der Waals surface area contributed by atoms with E-state index in [9.17, 15) is 24.9 Å². The summed E-state index contributed by atoms with van der Waals surface area (Å²) in [4.78, 5) is 27.5. The van der Waals surface area contributed by atoms with Gasteiger partial charge in [-0.2, -0.15) is 0 Å². The first-order chi connectivity index (χ1) is 17.5. The number of carboxylic acid groups (broad SMARTS) is 1. The van der Waals surface area contributed by atoms with Crippen LogP contribution in [0.15, 0.2) is 24.0 Å². The molecule has 3 aliphatic heterocycles. The predicted molar refractivity (Wildman–Crippen MR) is 130 cm³/mol. The van der Waals surface area contributed by atoms with Crippen molar-refractivity contribution in [2.24, 2.45) is 0 Å². The highest BCUT2D eigenvalue weighted by atomic mass is 16.7. The van der Waals surface area contributed by atoms with Crippen LogP contribution < -0.4 is 9.47 Å². The van der Waals surface area contributed by atoms with Gasteiger partial charge in [-0.25, -0.2) is 4.79 Å². The zero-order chi connectivity index (χ0) is 26.6. The van der Waals surface area contributed by atoms with Crippen molar-refractivity contribution in [1.82, 2.24) is 4.90 Å². The van der Waals surface area contributed by atoms with Gasteiger partial charge in [0.15, 0.2) is 23.2 Å². The summed E-state index contributed by atoms with van der Waals surface area (Å²) in [5.74, 6) is -0.942. The van der Waals surface area contributed by atoms with Crippen molar-refractivity contribution < 1.29 is 43.9 Å². The third-order valence-corrected chi connectivity index (χ3v) is 8.17. The Morgan fingerprint density at radius 3 is 2.57 bits per heavy atom. The number of rotatable bonds is 8. The minimum atomic E-state index is -2.31. The van der Waals surface area contributed by atoms with Crippen molar-refractivity contribution >= 4 is 11.9 Å². The van der Waals surface area contributed by atoms with Crippen LogP contribution in [0.3, 0.4) is 0 Å². The van der Waals surface area contributed by atoms with Crippen LogP contribution in [0, 0.1) is 0 Å². The zero-order valence-corrected chi connectivity index (χ0v) is 21.5. The number of carbonyl (C=O) groups is 2. The highest BCUT2D eigenvalue weighted by Gasteiger charge is 2.59. The van der Waals surface area contributed by atoms with Crippen molar-refractivity contribution in [2.45, 2.75) is 81.1 Å². The Morgan fingerprint density at radius 2 is 1.89 bits per heavy atom. The van der Waals surface area contributed by atoms with E-state index in [0.717, 1.165) is 43.5 Å². The Kier molecular flexibility index (Phi) is 6.40. The Labute approximate surface area is 215 Å². The number of ether oxygens (including phenoxy) is 4. The quantitative estimate of drug-likeness (QED) is 0.440. The van der Waals surface area contributed by atoms with E-state index in [1.54, 1.807) is 0 Å². The van der Waals surface area contributed by atoms with E-state index in [4.69, 9.17) is 18.9 Å². The largest absolute Gasteiger partial charge is 0.497 e. The molecule has 1 aromatic carbocycles. The molecule has 4 aliphatic rings. The summed E-state index contributed by atoms with van der Waals surface area (Å²) >= 11 is 0. The molecule has 1 spiro atoms. The molecule has 37 heavy (non-hydrogen) atoms. The van der Waals surface area contributed by atoms with Crippen molar-refractivity contribution in [1.29, 1.82) is 0 Å². The molecule has 3 heterocycles. The summed E-state index contributed by atoms with van der Waals surface area (Å²) in [6.45, 7) is 4.91. The highest BCUT2D eigenvalue weighted by molar-refractivity contribution is 5.85. The number of carbonyl (C=O) groups excluding carboxylic acids is 1. The summed E-state index contributed by atoms with van der Waals surface area (Å²) in [5.41, 5.74) is -1.93. The van der Waals surface area contributed by atoms with Crippen LogP contribution >= 0.6 is 0 Å². The molecule has 0 radical (unpaired) electrons. The first kappa shape index (κ1) is 25.8. The minimum Gasteiger partial charge on any atom is -0.497 e. The summed E-state index contributed by atoms with van der Waals surface area (Å²) in [7, 11) is 1.52. The number of benzene rings is 1. The molecule has 0 saturated carbocycles. The number of hydrogen-bond acceptors (Lipinski definition) is 9. The van der Waals surface area contributed by atoms with Gasteiger partial charge in [0.05, 0.1) is 30.6 Å². The third kappa shape index (κ3) is 4.55. The van der Waals surface area contributed by atoms with Gasteiger partial charge < -0.3 is 34.3 Å². The van der Waals surface area contributed by atoms with Crippen LogP contribution in [0.4, 0.5) is 0 Å². The van der Waals surface area contributed by atoms with Crippen LogP contribution in [0.1, 0.15) is 63.0 Å². The van der Waals surface area contributed by atoms with Crippen LogP contribution in [-0.4, -0.2) is 82.0 Å². The summed E-state index contributed by atoms with van der Waals surface area (Å²) in [6, 6.07) is 3.94. The molecule has 5 rings (SSSR count). The smallest absolute Gasteiger partial charge is 0.339 e. The lowest BCUT2D eigenvalue weighted by molar-refractivity contribution is -0.178. The number of nitrogens with zero attached hydrogens (tertiary/aromatic N) is 1. The maximum atomic E-state index is 13.5. The number of methoxy groups -OCH3 is 1. The van der Waals surface area contributed by atoms with E-state index in [1.807, 2.05) is 18.2 Å². The fourth-order valence-corrected chi connectivity index (χ4v) is 6.34. The Morgan fingerprint density at radius 1 is 1.16 bits per heavy atom. The topological polar surface area (TPSA) is 135 Å². The van der Waals surface area contributed by atoms with Crippen LogP contribution in [0.2, 0.25) is 0 Å². The number of carboxylic acids is 1. The molecular weight excluding hydrogens is 482 g/mol. The lowest BCUT2D eigenvalue weighted by Gasteiger charge is -2.39. The van der Waals surface area contributed by atoms with E-state index in [1.165, 1.54) is 21.0 Å². The molecule has 0 bridgehead atoms. The van der Waals surface area contributed by atoms with E-state index in [2.05, 4.69) is 4.90 Å². The minimum absolute atomic E-state index is 0.0109. The fourth-order valence-electron chi connectivity index (χ4n) is 6.34. The molecule has 3 N–H and O–H groups in total. The monoisotopic (exact) mass is 517 g/mol. The first-order valence-electron chi connectivity index (χ1n) is 12.8. The number of fused-ring (bicyclic) bond motifs is 3. The van der Waals surface area contributed by atoms with Gasteiger partial charge in [-0.05, 0) is 81.8 Å². The average molecular weight is 518 g/mol. The second-order valence-electron chi connectivity index (χ2n) is 11.2. The standard InChI is InChI=1S/C27H35NO9/c1-25(2,32)7-8-27(33,14-21(29)30)24(31)37-23-20(34-3)13-26-6-4-9-28(26)10-5-16-11-18-19(36-15-35-18)12-17(16)22(23)26/h11-13,22-23,32-33H,4-10,14-15H2,1-3H3,(H,29,30)/t22-,23-,26+,27-/m1/s1. The maximum absolute atomic E-state index is 13.5. The molecule has 1 aromatic rings. The van der Waals surface area contributed by atoms with Gasteiger partial charge in [0.1, 0.15) is 5.76 Å². The number of aliphatic hydroxyl groups is 2. The molecule has 10 nitrogen and oxygen atoms in total. The molecule has 202 valence electrons. The number of hydrogen-bond donors (Lipinski definition) is 3. The normalized spacial score (nSPS) is 27.9. The molecule has 4 atom stereocenters. The van der Waals surface area contributed by atoms with Crippen LogP contribution in [-0.2, 0) is 25.5 Å². The van der Waals surface area contributed by atoms with Gasteiger partial charge in [0, 0.05) is 6.54 Å². The van der Waals surface area contributed by atoms with Crippen LogP contribution in [0.25, 0.3) is 0 Å². The lowest BCUT2D eigenvalue weighted by atomic mass is 9.77. The van der Waals surface area contributed by atoms with Gasteiger partial charge in [-0.15, -0.1) is 0 Å². The highest BCUT2D eigenvalue weighted by Crippen LogP contribution is 2.55. The van der Waals surface area contributed by atoms with Gasteiger partial charge in [0.2, 0.25) is 6.79 Å².